The Bertz CT molecular complexity index is 1270. The first-order valence-corrected chi connectivity index (χ1v) is 12.3. The number of pyridine rings is 1. The topological polar surface area (TPSA) is 51.7 Å². The smallest absolute Gasteiger partial charge is 0.416 e. The molecule has 3 heterocycles. The number of allylic oxidation sites excluding steroid dienone is 3. The molecule has 204 valence electrons. The van der Waals surface area contributed by atoms with Crippen LogP contribution in [0.2, 0.25) is 0 Å². The first-order valence-electron chi connectivity index (χ1n) is 12.3. The van der Waals surface area contributed by atoms with Crippen LogP contribution in [0.5, 0.6) is 5.88 Å². The van der Waals surface area contributed by atoms with Crippen molar-refractivity contribution in [1.82, 2.24) is 9.88 Å². The number of rotatable bonds is 7. The number of alkyl halides is 5. The highest BCUT2D eigenvalue weighted by atomic mass is 19.4. The molecule has 1 aromatic heterocycles. The van der Waals surface area contributed by atoms with Crippen molar-refractivity contribution >= 4 is 11.7 Å². The van der Waals surface area contributed by atoms with Crippen molar-refractivity contribution in [3.63, 3.8) is 0 Å². The fourth-order valence-corrected chi connectivity index (χ4v) is 5.19. The van der Waals surface area contributed by atoms with Gasteiger partial charge in [-0.1, -0.05) is 18.2 Å². The van der Waals surface area contributed by atoms with Crippen LogP contribution in [0.25, 0.3) is 16.7 Å². The lowest BCUT2D eigenvalue weighted by Gasteiger charge is -2.26. The summed E-state index contributed by atoms with van der Waals surface area (Å²) in [5, 5.41) is 0. The second-order valence-electron chi connectivity index (χ2n) is 9.50. The second kappa shape index (κ2) is 10.7. The number of fused-ring (bicyclic) bond motifs is 1. The first-order chi connectivity index (χ1) is 18.0. The van der Waals surface area contributed by atoms with Crippen molar-refractivity contribution in [2.24, 2.45) is 0 Å². The van der Waals surface area contributed by atoms with Gasteiger partial charge in [0.25, 0.3) is 0 Å². The van der Waals surface area contributed by atoms with Gasteiger partial charge in [0.05, 0.1) is 24.8 Å². The van der Waals surface area contributed by atoms with E-state index in [4.69, 9.17) is 9.47 Å². The molecule has 2 aliphatic rings. The van der Waals surface area contributed by atoms with E-state index >= 15 is 0 Å². The predicted octanol–water partition coefficient (Wildman–Crippen LogP) is 7.83. The Morgan fingerprint density at radius 3 is 2.58 bits per heavy atom. The molecule has 3 unspecified atom stereocenters. The molecule has 2 fully saturated rings. The zero-order valence-corrected chi connectivity index (χ0v) is 21.5. The minimum absolute atomic E-state index is 0.237. The Kier molecular flexibility index (Phi) is 7.80. The van der Waals surface area contributed by atoms with E-state index < -0.39 is 48.9 Å². The predicted molar refractivity (Wildman–Crippen MR) is 133 cm³/mol. The number of ether oxygens (including phenoxy) is 2. The molecule has 1 amide bonds. The third kappa shape index (κ3) is 5.26. The Morgan fingerprint density at radius 2 is 1.95 bits per heavy atom. The van der Waals surface area contributed by atoms with Crippen molar-refractivity contribution in [3.8, 4) is 17.0 Å². The lowest BCUT2D eigenvalue weighted by atomic mass is 9.91. The largest absolute Gasteiger partial charge is 0.481 e. The van der Waals surface area contributed by atoms with E-state index in [1.807, 2.05) is 26.0 Å². The summed E-state index contributed by atoms with van der Waals surface area (Å²) in [6.45, 7) is 5.39. The van der Waals surface area contributed by atoms with Gasteiger partial charge in [-0.05, 0) is 79.6 Å². The molecule has 3 atom stereocenters. The highest BCUT2D eigenvalue weighted by molar-refractivity contribution is 5.79. The molecule has 2 aromatic rings. The zero-order chi connectivity index (χ0) is 27.8. The first kappa shape index (κ1) is 27.6. The van der Waals surface area contributed by atoms with Gasteiger partial charge in [-0.2, -0.15) is 13.2 Å². The van der Waals surface area contributed by atoms with Crippen molar-refractivity contribution in [3.05, 3.63) is 64.9 Å². The average molecular weight is 537 g/mol. The number of carbonyl (C=O) groups is 1. The number of benzene rings is 1. The van der Waals surface area contributed by atoms with Crippen molar-refractivity contribution in [2.75, 3.05) is 7.11 Å². The van der Waals surface area contributed by atoms with Gasteiger partial charge in [0.2, 0.25) is 12.3 Å². The summed E-state index contributed by atoms with van der Waals surface area (Å²) in [7, 11) is 1.43. The standard InChI is InChI=1S/C28H29F5N2O3/c1-5-15(2)17-12-21(26(37-4)34-14-17)19-8-7-18(28(31,32)33)13-20(19)22-9-10-23-25(38-27(36)35(22)23)16(3)6-11-24(29)30/h5-8,12-14,22-25H,9-11H2,1-4H3. The molecule has 1 aromatic carbocycles. The fourth-order valence-electron chi connectivity index (χ4n) is 5.19. The minimum atomic E-state index is -4.60. The number of halogens is 5. The molecule has 2 aliphatic heterocycles. The Morgan fingerprint density at radius 1 is 1.21 bits per heavy atom. The Labute approximate surface area is 217 Å². The highest BCUT2D eigenvalue weighted by Crippen LogP contribution is 2.48. The Hall–Kier alpha value is -3.43. The number of cyclic esters (lactones) is 1. The van der Waals surface area contributed by atoms with E-state index in [-0.39, 0.29) is 5.88 Å². The van der Waals surface area contributed by atoms with Crippen molar-refractivity contribution in [1.29, 1.82) is 0 Å². The van der Waals surface area contributed by atoms with Gasteiger partial charge < -0.3 is 9.47 Å². The van der Waals surface area contributed by atoms with Crippen molar-refractivity contribution < 1.29 is 36.2 Å². The number of carbonyl (C=O) groups excluding carboxylic acids is 1. The van der Waals surface area contributed by atoms with Gasteiger partial charge in [0.1, 0.15) is 6.10 Å². The van der Waals surface area contributed by atoms with E-state index in [1.165, 1.54) is 24.2 Å². The van der Waals surface area contributed by atoms with Crippen LogP contribution in [-0.2, 0) is 10.9 Å². The molecule has 0 bridgehead atoms. The summed E-state index contributed by atoms with van der Waals surface area (Å²) in [6, 6.07) is 4.07. The van der Waals surface area contributed by atoms with Gasteiger partial charge in [-0.3, -0.25) is 4.90 Å². The molecule has 0 radical (unpaired) electrons. The van der Waals surface area contributed by atoms with Crippen LogP contribution >= 0.6 is 0 Å². The van der Waals surface area contributed by atoms with E-state index in [0.717, 1.165) is 23.3 Å². The van der Waals surface area contributed by atoms with Crippen LogP contribution in [0.1, 0.15) is 62.8 Å². The fraction of sp³-hybridized carbons (Fsp3) is 0.429. The average Bonchev–Trinajstić information content (AvgIpc) is 3.46. The molecule has 10 heteroatoms. The summed E-state index contributed by atoms with van der Waals surface area (Å²) in [5.74, 6) is 0.237. The lowest BCUT2D eigenvalue weighted by Crippen LogP contribution is -2.33. The van der Waals surface area contributed by atoms with Crippen LogP contribution < -0.4 is 4.74 Å². The zero-order valence-electron chi connectivity index (χ0n) is 21.5. The monoisotopic (exact) mass is 536 g/mol. The lowest BCUT2D eigenvalue weighted by molar-refractivity contribution is -0.137. The van der Waals surface area contributed by atoms with Gasteiger partial charge >= 0.3 is 12.3 Å². The van der Waals surface area contributed by atoms with Gasteiger partial charge in [-0.25, -0.2) is 18.6 Å². The van der Waals surface area contributed by atoms with Crippen molar-refractivity contribution in [2.45, 2.75) is 70.8 Å². The third-order valence-electron chi connectivity index (χ3n) is 7.24. The second-order valence-corrected chi connectivity index (χ2v) is 9.50. The van der Waals surface area contributed by atoms with Crippen LogP contribution in [0, 0.1) is 0 Å². The molecule has 0 N–H and O–H groups in total. The van der Waals surface area contributed by atoms with Crippen LogP contribution in [0.4, 0.5) is 26.7 Å². The molecule has 5 nitrogen and oxygen atoms in total. The third-order valence-corrected chi connectivity index (χ3v) is 7.24. The number of hydrogen-bond acceptors (Lipinski definition) is 4. The molecular weight excluding hydrogens is 507 g/mol. The van der Waals surface area contributed by atoms with E-state index in [9.17, 15) is 26.7 Å². The van der Waals surface area contributed by atoms with Gasteiger partial charge in [0, 0.05) is 18.2 Å². The number of aromatic nitrogens is 1. The summed E-state index contributed by atoms with van der Waals surface area (Å²) in [6.07, 6.45) is -3.32. The van der Waals surface area contributed by atoms with E-state index in [2.05, 4.69) is 4.98 Å². The number of nitrogens with zero attached hydrogens (tertiary/aromatic N) is 2. The van der Waals surface area contributed by atoms with Crippen LogP contribution in [-0.4, -0.2) is 41.7 Å². The maximum absolute atomic E-state index is 13.8. The summed E-state index contributed by atoms with van der Waals surface area (Å²) < 4.78 is 77.9. The molecule has 4 rings (SSSR count). The van der Waals surface area contributed by atoms with Gasteiger partial charge in [0.15, 0.2) is 0 Å². The summed E-state index contributed by atoms with van der Waals surface area (Å²) in [5.41, 5.74) is 2.60. The molecular formula is C28H29F5N2O3. The molecule has 0 aliphatic carbocycles. The van der Waals surface area contributed by atoms with Crippen LogP contribution in [0.3, 0.4) is 0 Å². The molecule has 38 heavy (non-hydrogen) atoms. The highest BCUT2D eigenvalue weighted by Gasteiger charge is 2.51. The molecule has 2 saturated heterocycles. The maximum Gasteiger partial charge on any atom is 0.416 e. The number of hydrogen-bond donors (Lipinski definition) is 0. The normalized spacial score (nSPS) is 22.2. The summed E-state index contributed by atoms with van der Waals surface area (Å²) in [4.78, 5) is 18.8. The quantitative estimate of drug-likeness (QED) is 0.267. The van der Waals surface area contributed by atoms with Crippen LogP contribution in [0.15, 0.2) is 48.2 Å². The Balaban J connectivity index is 1.83. The number of methoxy groups -OCH3 is 1. The maximum atomic E-state index is 13.8. The SMILES string of the molecule is CC=C(C)c1cnc(OC)c(-c2ccc(C(F)(F)F)cc2C2CCC3C(C(C)=CCC(F)F)OC(=O)N23)c1. The summed E-state index contributed by atoms with van der Waals surface area (Å²) >= 11 is 0. The molecule has 0 spiro atoms. The number of amides is 1. The molecule has 0 saturated carbocycles. The minimum Gasteiger partial charge on any atom is -0.481 e. The van der Waals surface area contributed by atoms with Gasteiger partial charge in [-0.15, -0.1) is 0 Å². The van der Waals surface area contributed by atoms with E-state index in [0.29, 0.717) is 35.1 Å². The van der Waals surface area contributed by atoms with E-state index in [1.54, 1.807) is 13.1 Å².